The lowest BCUT2D eigenvalue weighted by Gasteiger charge is -2.03. The number of halogens is 2. The van der Waals surface area contributed by atoms with Gasteiger partial charge in [-0.25, -0.2) is 0 Å². The minimum absolute atomic E-state index is 0.500. The smallest absolute Gasteiger partial charge is 0.194 e. The fraction of sp³-hybridized carbons (Fsp3) is 0.0833. The molecular formula is C12H9Cl2NO4S2. The van der Waals surface area contributed by atoms with Gasteiger partial charge in [0, 0.05) is 15.0 Å². The highest BCUT2D eigenvalue weighted by molar-refractivity contribution is 7.95. The molecule has 0 saturated heterocycles. The molecule has 0 aliphatic rings. The van der Waals surface area contributed by atoms with Gasteiger partial charge >= 0.3 is 0 Å². The molecule has 9 heteroatoms. The van der Waals surface area contributed by atoms with E-state index < -0.39 is 4.92 Å². The van der Waals surface area contributed by atoms with Crippen LogP contribution in [0.3, 0.4) is 0 Å². The average Bonchev–Trinajstić information content (AvgIpc) is 2.82. The van der Waals surface area contributed by atoms with Crippen LogP contribution in [-0.2, 0) is 0 Å². The van der Waals surface area contributed by atoms with Crippen molar-refractivity contribution in [3.63, 3.8) is 0 Å². The molecule has 112 valence electrons. The molecule has 2 aromatic rings. The van der Waals surface area contributed by atoms with Crippen LogP contribution in [0.4, 0.5) is 0 Å². The lowest BCUT2D eigenvalue weighted by molar-refractivity contribution is -0.445. The highest BCUT2D eigenvalue weighted by atomic mass is 35.5. The van der Waals surface area contributed by atoms with E-state index in [-0.39, 0.29) is 0 Å². The van der Waals surface area contributed by atoms with Crippen molar-refractivity contribution >= 4 is 52.9 Å². The summed E-state index contributed by atoms with van der Waals surface area (Å²) < 4.78 is 5.44. The Kier molecular flexibility index (Phi) is 7.52. The second-order valence-corrected chi connectivity index (χ2v) is 6.10. The molecule has 5 nitrogen and oxygen atoms in total. The zero-order valence-corrected chi connectivity index (χ0v) is 13.8. The van der Waals surface area contributed by atoms with Gasteiger partial charge in [0.25, 0.3) is 0 Å². The van der Waals surface area contributed by atoms with E-state index >= 15 is 0 Å². The second-order valence-electron chi connectivity index (χ2n) is 3.48. The van der Waals surface area contributed by atoms with E-state index in [1.807, 2.05) is 0 Å². The largest absolute Gasteiger partial charge is 0.419 e. The van der Waals surface area contributed by atoms with Crippen molar-refractivity contribution in [2.75, 3.05) is 7.05 Å². The Morgan fingerprint density at radius 3 is 2.43 bits per heavy atom. The SMILES string of the molecule is C[N+](=O)[O-].O=Cc1sccc1OSc1cc(Cl)cc(Cl)c1. The lowest BCUT2D eigenvalue weighted by atomic mass is 10.4. The van der Waals surface area contributed by atoms with Gasteiger partial charge in [-0.3, -0.25) is 14.9 Å². The maximum absolute atomic E-state index is 10.7. The molecule has 0 unspecified atom stereocenters. The summed E-state index contributed by atoms with van der Waals surface area (Å²) in [5.74, 6) is 0.547. The minimum Gasteiger partial charge on any atom is -0.419 e. The van der Waals surface area contributed by atoms with Crippen molar-refractivity contribution in [1.29, 1.82) is 0 Å². The first-order valence-electron chi connectivity index (χ1n) is 5.33. The standard InChI is InChI=1S/C11H6Cl2O2S2.CH3NO2/c12-7-3-8(13)5-9(4-7)17-15-10-1-2-16-11(10)6-14;1-2(3)4/h1-6H;1H3. The number of nitro groups is 1. The third-order valence-corrected chi connectivity index (χ3v) is 3.78. The Hall–Kier alpha value is -1.28. The van der Waals surface area contributed by atoms with E-state index in [4.69, 9.17) is 37.5 Å². The maximum Gasteiger partial charge on any atom is 0.194 e. The highest BCUT2D eigenvalue weighted by Crippen LogP contribution is 2.31. The summed E-state index contributed by atoms with van der Waals surface area (Å²) in [4.78, 5) is 20.3. The summed E-state index contributed by atoms with van der Waals surface area (Å²) in [6.07, 6.45) is 0.769. The van der Waals surface area contributed by atoms with Gasteiger partial charge in [0.2, 0.25) is 0 Å². The zero-order valence-electron chi connectivity index (χ0n) is 10.6. The van der Waals surface area contributed by atoms with Gasteiger partial charge in [0.15, 0.2) is 19.1 Å². The van der Waals surface area contributed by atoms with Crippen LogP contribution < -0.4 is 4.18 Å². The van der Waals surface area contributed by atoms with Crippen LogP contribution in [0.15, 0.2) is 34.5 Å². The van der Waals surface area contributed by atoms with Crippen molar-refractivity contribution in [2.24, 2.45) is 0 Å². The third kappa shape index (κ3) is 6.81. The van der Waals surface area contributed by atoms with Crippen LogP contribution in [0.5, 0.6) is 5.75 Å². The molecular weight excluding hydrogens is 357 g/mol. The molecule has 0 fully saturated rings. The first kappa shape index (κ1) is 17.8. The minimum atomic E-state index is -0.500. The molecule has 0 amide bonds. The summed E-state index contributed by atoms with van der Waals surface area (Å²) in [5, 5.41) is 11.7. The molecule has 21 heavy (non-hydrogen) atoms. The summed E-state index contributed by atoms with van der Waals surface area (Å²) >= 11 is 14.2. The van der Waals surface area contributed by atoms with Gasteiger partial charge in [0.05, 0.1) is 16.9 Å². The van der Waals surface area contributed by atoms with Gasteiger partial charge in [0.1, 0.15) is 4.88 Å². The summed E-state index contributed by atoms with van der Waals surface area (Å²) in [6.45, 7) is 0. The first-order chi connectivity index (χ1) is 9.92. The van der Waals surface area contributed by atoms with Crippen molar-refractivity contribution in [1.82, 2.24) is 0 Å². The van der Waals surface area contributed by atoms with E-state index in [0.29, 0.717) is 20.7 Å². The van der Waals surface area contributed by atoms with Crippen molar-refractivity contribution in [3.05, 3.63) is 54.7 Å². The van der Waals surface area contributed by atoms with Crippen molar-refractivity contribution in [3.8, 4) is 5.75 Å². The van der Waals surface area contributed by atoms with Crippen LogP contribution >= 0.6 is 46.6 Å². The van der Waals surface area contributed by atoms with E-state index in [1.54, 1.807) is 29.6 Å². The quantitative estimate of drug-likeness (QED) is 0.335. The first-order valence-corrected chi connectivity index (χ1v) is 7.71. The number of hydrogen-bond acceptors (Lipinski definition) is 6. The van der Waals surface area contributed by atoms with E-state index in [2.05, 4.69) is 0 Å². The van der Waals surface area contributed by atoms with Gasteiger partial charge in [-0.2, -0.15) is 0 Å². The molecule has 0 atom stereocenters. The number of rotatable bonds is 4. The van der Waals surface area contributed by atoms with Crippen LogP contribution in [-0.4, -0.2) is 18.3 Å². The fourth-order valence-corrected chi connectivity index (χ4v) is 3.14. The van der Waals surface area contributed by atoms with Crippen LogP contribution in [0.2, 0.25) is 10.0 Å². The molecule has 1 aromatic carbocycles. The van der Waals surface area contributed by atoms with E-state index in [9.17, 15) is 4.79 Å². The summed E-state index contributed by atoms with van der Waals surface area (Å²) in [5.41, 5.74) is 0. The van der Waals surface area contributed by atoms with Crippen LogP contribution in [0.25, 0.3) is 0 Å². The predicted octanol–water partition coefficient (Wildman–Crippen LogP) is 4.85. The van der Waals surface area contributed by atoms with Gasteiger partial charge in [-0.05, 0) is 29.6 Å². The number of benzene rings is 1. The highest BCUT2D eigenvalue weighted by Gasteiger charge is 2.06. The van der Waals surface area contributed by atoms with E-state index in [1.165, 1.54) is 11.3 Å². The van der Waals surface area contributed by atoms with Gasteiger partial charge in [-0.15, -0.1) is 11.3 Å². The number of aldehydes is 1. The molecule has 1 aromatic heterocycles. The Morgan fingerprint density at radius 1 is 1.33 bits per heavy atom. The number of carbonyl (C=O) groups excluding carboxylic acids is 1. The topological polar surface area (TPSA) is 69.4 Å². The number of thiophene rings is 1. The molecule has 0 spiro atoms. The van der Waals surface area contributed by atoms with Crippen molar-refractivity contribution < 1.29 is 13.9 Å². The molecule has 0 saturated carbocycles. The van der Waals surface area contributed by atoms with Crippen molar-refractivity contribution in [2.45, 2.75) is 4.90 Å². The average molecular weight is 366 g/mol. The Labute approximate surface area is 139 Å². The Balaban J connectivity index is 0.000000491. The van der Waals surface area contributed by atoms with Crippen LogP contribution in [0, 0.1) is 10.1 Å². The van der Waals surface area contributed by atoms with Crippen LogP contribution in [0.1, 0.15) is 9.67 Å². The normalized spacial score (nSPS) is 9.48. The zero-order chi connectivity index (χ0) is 15.8. The Morgan fingerprint density at radius 2 is 1.90 bits per heavy atom. The number of carbonyl (C=O) groups is 1. The molecule has 0 aliphatic heterocycles. The summed E-state index contributed by atoms with van der Waals surface area (Å²) in [7, 11) is 0.889. The summed E-state index contributed by atoms with van der Waals surface area (Å²) in [6, 6.07) is 6.87. The molecule has 1 heterocycles. The molecule has 0 bridgehead atoms. The molecule has 2 rings (SSSR count). The van der Waals surface area contributed by atoms with Gasteiger partial charge < -0.3 is 4.18 Å². The second kappa shape index (κ2) is 8.89. The molecule has 0 aliphatic carbocycles. The molecule has 0 radical (unpaired) electrons. The van der Waals surface area contributed by atoms with Gasteiger partial charge in [-0.1, -0.05) is 23.2 Å². The number of nitrogens with zero attached hydrogens (tertiary/aromatic N) is 1. The molecule has 0 N–H and O–H groups in total. The van der Waals surface area contributed by atoms with E-state index in [0.717, 1.165) is 30.3 Å². The third-order valence-electron chi connectivity index (χ3n) is 1.83. The predicted molar refractivity (Wildman–Crippen MR) is 85.6 cm³/mol. The monoisotopic (exact) mass is 365 g/mol. The fourth-order valence-electron chi connectivity index (χ4n) is 1.13. The maximum atomic E-state index is 10.7. The Bertz CT molecular complexity index is 609. The lowest BCUT2D eigenvalue weighted by Crippen LogP contribution is -1.83. The number of hydrogen-bond donors (Lipinski definition) is 0.